The fourth-order valence-corrected chi connectivity index (χ4v) is 2.20. The molecule has 0 saturated heterocycles. The summed E-state index contributed by atoms with van der Waals surface area (Å²) in [5, 5.41) is 3.15. The van der Waals surface area contributed by atoms with Crippen LogP contribution in [0.4, 0.5) is 4.39 Å². The predicted octanol–water partition coefficient (Wildman–Crippen LogP) is 2.83. The molecule has 0 bridgehead atoms. The molecule has 0 aliphatic rings. The van der Waals surface area contributed by atoms with E-state index in [0.717, 1.165) is 0 Å². The molecular formula is C16H24FNO3. The second-order valence-corrected chi connectivity index (χ2v) is 5.22. The number of rotatable bonds is 8. The lowest BCUT2D eigenvalue weighted by Gasteiger charge is -2.27. The lowest BCUT2D eigenvalue weighted by molar-refractivity contribution is -0.148. The molecule has 0 saturated carbocycles. The summed E-state index contributed by atoms with van der Waals surface area (Å²) in [4.78, 5) is 11.8. The summed E-state index contributed by atoms with van der Waals surface area (Å²) < 4.78 is 23.6. The first-order valence-electron chi connectivity index (χ1n) is 7.15. The van der Waals surface area contributed by atoms with Gasteiger partial charge in [-0.25, -0.2) is 4.39 Å². The lowest BCUT2D eigenvalue weighted by atomic mass is 9.96. The van der Waals surface area contributed by atoms with E-state index in [1.165, 1.54) is 13.2 Å². The standard InChI is InChI=1S/C16H24FNO3/c1-5-18-16(3,15(19)20-4)9-6-10-21-13-7-8-14(17)12(2)11-13/h7-8,11,18H,5-6,9-10H2,1-4H3. The van der Waals surface area contributed by atoms with Gasteiger partial charge in [-0.2, -0.15) is 0 Å². The molecule has 0 spiro atoms. The second kappa shape index (κ2) is 7.98. The molecule has 0 aromatic heterocycles. The molecule has 0 fully saturated rings. The van der Waals surface area contributed by atoms with E-state index in [2.05, 4.69) is 5.32 Å². The van der Waals surface area contributed by atoms with Gasteiger partial charge in [0.1, 0.15) is 17.1 Å². The van der Waals surface area contributed by atoms with Gasteiger partial charge in [0.15, 0.2) is 0 Å². The first kappa shape index (κ1) is 17.4. The molecule has 1 rings (SSSR count). The van der Waals surface area contributed by atoms with E-state index in [4.69, 9.17) is 9.47 Å². The Balaban J connectivity index is 2.47. The number of nitrogens with one attached hydrogen (secondary N) is 1. The Labute approximate surface area is 125 Å². The Morgan fingerprint density at radius 1 is 1.43 bits per heavy atom. The molecule has 0 aliphatic carbocycles. The van der Waals surface area contributed by atoms with Crippen LogP contribution in [-0.2, 0) is 9.53 Å². The number of benzene rings is 1. The third-order valence-corrected chi connectivity index (χ3v) is 3.42. The highest BCUT2D eigenvalue weighted by Gasteiger charge is 2.32. The zero-order chi connectivity index (χ0) is 15.9. The van der Waals surface area contributed by atoms with Crippen LogP contribution in [0.1, 0.15) is 32.3 Å². The Hall–Kier alpha value is -1.62. The summed E-state index contributed by atoms with van der Waals surface area (Å²) in [6.45, 7) is 6.61. The number of hydrogen-bond donors (Lipinski definition) is 1. The van der Waals surface area contributed by atoms with Crippen LogP contribution in [0.2, 0.25) is 0 Å². The quantitative estimate of drug-likeness (QED) is 0.592. The van der Waals surface area contributed by atoms with Gasteiger partial charge in [0.25, 0.3) is 0 Å². The summed E-state index contributed by atoms with van der Waals surface area (Å²) in [6, 6.07) is 4.66. The first-order valence-corrected chi connectivity index (χ1v) is 7.15. The largest absolute Gasteiger partial charge is 0.494 e. The number of carbonyl (C=O) groups excluding carboxylic acids is 1. The average Bonchev–Trinajstić information content (AvgIpc) is 2.46. The van der Waals surface area contributed by atoms with Crippen LogP contribution in [0.15, 0.2) is 18.2 Å². The van der Waals surface area contributed by atoms with E-state index in [9.17, 15) is 9.18 Å². The molecule has 1 atom stereocenters. The number of methoxy groups -OCH3 is 1. The molecule has 0 amide bonds. The zero-order valence-electron chi connectivity index (χ0n) is 13.2. The van der Waals surface area contributed by atoms with Crippen molar-refractivity contribution in [2.24, 2.45) is 0 Å². The van der Waals surface area contributed by atoms with Crippen LogP contribution < -0.4 is 10.1 Å². The number of carbonyl (C=O) groups is 1. The molecular weight excluding hydrogens is 273 g/mol. The topological polar surface area (TPSA) is 47.6 Å². The highest BCUT2D eigenvalue weighted by molar-refractivity contribution is 5.80. The summed E-state index contributed by atoms with van der Waals surface area (Å²) in [6.07, 6.45) is 1.29. The molecule has 21 heavy (non-hydrogen) atoms. The average molecular weight is 297 g/mol. The van der Waals surface area contributed by atoms with Crippen LogP contribution in [0.25, 0.3) is 0 Å². The Morgan fingerprint density at radius 2 is 2.14 bits per heavy atom. The number of likely N-dealkylation sites (N-methyl/N-ethyl adjacent to an activating group) is 1. The van der Waals surface area contributed by atoms with Crippen molar-refractivity contribution in [1.29, 1.82) is 0 Å². The number of esters is 1. The molecule has 1 aromatic carbocycles. The van der Waals surface area contributed by atoms with E-state index < -0.39 is 5.54 Å². The first-order chi connectivity index (χ1) is 9.92. The van der Waals surface area contributed by atoms with Gasteiger partial charge in [-0.05, 0) is 57.0 Å². The van der Waals surface area contributed by atoms with Crippen LogP contribution in [-0.4, -0.2) is 31.8 Å². The Morgan fingerprint density at radius 3 is 2.71 bits per heavy atom. The van der Waals surface area contributed by atoms with Crippen molar-refractivity contribution in [3.05, 3.63) is 29.6 Å². The van der Waals surface area contributed by atoms with Crippen molar-refractivity contribution in [3.8, 4) is 5.75 Å². The van der Waals surface area contributed by atoms with Gasteiger partial charge in [-0.1, -0.05) is 6.92 Å². The molecule has 0 heterocycles. The fourth-order valence-electron chi connectivity index (χ4n) is 2.20. The molecule has 118 valence electrons. The van der Waals surface area contributed by atoms with Gasteiger partial charge in [0.2, 0.25) is 0 Å². The normalized spacial score (nSPS) is 13.6. The van der Waals surface area contributed by atoms with Crippen LogP contribution in [0, 0.1) is 12.7 Å². The minimum Gasteiger partial charge on any atom is -0.494 e. The number of halogens is 1. The van der Waals surface area contributed by atoms with Gasteiger partial charge in [-0.15, -0.1) is 0 Å². The second-order valence-electron chi connectivity index (χ2n) is 5.22. The molecule has 1 aromatic rings. The molecule has 5 heteroatoms. The summed E-state index contributed by atoms with van der Waals surface area (Å²) in [5.41, 5.74) is -0.148. The number of hydrogen-bond acceptors (Lipinski definition) is 4. The van der Waals surface area contributed by atoms with Gasteiger partial charge < -0.3 is 14.8 Å². The predicted molar refractivity (Wildman–Crippen MR) is 80.0 cm³/mol. The smallest absolute Gasteiger partial charge is 0.325 e. The van der Waals surface area contributed by atoms with Gasteiger partial charge in [0, 0.05) is 0 Å². The van der Waals surface area contributed by atoms with Gasteiger partial charge in [-0.3, -0.25) is 4.79 Å². The summed E-state index contributed by atoms with van der Waals surface area (Å²) >= 11 is 0. The maximum absolute atomic E-state index is 13.1. The van der Waals surface area contributed by atoms with Crippen molar-refractivity contribution in [1.82, 2.24) is 5.32 Å². The van der Waals surface area contributed by atoms with E-state index >= 15 is 0 Å². The van der Waals surface area contributed by atoms with Crippen molar-refractivity contribution >= 4 is 5.97 Å². The fraction of sp³-hybridized carbons (Fsp3) is 0.562. The maximum atomic E-state index is 13.1. The van der Waals surface area contributed by atoms with E-state index in [0.29, 0.717) is 37.3 Å². The van der Waals surface area contributed by atoms with Gasteiger partial charge in [0.05, 0.1) is 13.7 Å². The van der Waals surface area contributed by atoms with Crippen molar-refractivity contribution in [3.63, 3.8) is 0 Å². The van der Waals surface area contributed by atoms with Crippen LogP contribution in [0.3, 0.4) is 0 Å². The minimum absolute atomic E-state index is 0.243. The monoisotopic (exact) mass is 297 g/mol. The zero-order valence-corrected chi connectivity index (χ0v) is 13.2. The third-order valence-electron chi connectivity index (χ3n) is 3.42. The minimum atomic E-state index is -0.703. The van der Waals surface area contributed by atoms with E-state index in [-0.39, 0.29) is 11.8 Å². The molecule has 1 unspecified atom stereocenters. The SMILES string of the molecule is CCNC(C)(CCCOc1ccc(F)c(C)c1)C(=O)OC. The third kappa shape index (κ3) is 5.01. The molecule has 1 N–H and O–H groups in total. The number of ether oxygens (including phenoxy) is 2. The van der Waals surface area contributed by atoms with Crippen LogP contribution >= 0.6 is 0 Å². The van der Waals surface area contributed by atoms with Crippen molar-refractivity contribution < 1.29 is 18.7 Å². The lowest BCUT2D eigenvalue weighted by Crippen LogP contribution is -2.50. The van der Waals surface area contributed by atoms with Crippen molar-refractivity contribution in [2.75, 3.05) is 20.3 Å². The highest BCUT2D eigenvalue weighted by atomic mass is 19.1. The highest BCUT2D eigenvalue weighted by Crippen LogP contribution is 2.18. The van der Waals surface area contributed by atoms with Gasteiger partial charge >= 0.3 is 5.97 Å². The molecule has 0 radical (unpaired) electrons. The Kier molecular flexibility index (Phi) is 6.62. The van der Waals surface area contributed by atoms with Crippen LogP contribution in [0.5, 0.6) is 5.75 Å². The van der Waals surface area contributed by atoms with E-state index in [1.54, 1.807) is 19.1 Å². The summed E-state index contributed by atoms with van der Waals surface area (Å²) in [7, 11) is 1.38. The maximum Gasteiger partial charge on any atom is 0.325 e. The molecule has 4 nitrogen and oxygen atoms in total. The molecule has 0 aliphatic heterocycles. The van der Waals surface area contributed by atoms with Crippen molar-refractivity contribution in [2.45, 2.75) is 39.2 Å². The Bertz CT molecular complexity index is 479. The number of aryl methyl sites for hydroxylation is 1. The van der Waals surface area contributed by atoms with E-state index in [1.807, 2.05) is 13.8 Å². The summed E-state index contributed by atoms with van der Waals surface area (Å²) in [5.74, 6) is 0.117.